The number of rotatable bonds is 28. The lowest BCUT2D eigenvalue weighted by Crippen LogP contribution is -2.38. The van der Waals surface area contributed by atoms with Gasteiger partial charge in [-0.05, 0) is 37.7 Å². The van der Waals surface area contributed by atoms with Crippen LogP contribution >= 0.6 is 0 Å². The van der Waals surface area contributed by atoms with Crippen molar-refractivity contribution in [3.8, 4) is 0 Å². The molecule has 0 atom stereocenters. The molecule has 0 unspecified atom stereocenters. The summed E-state index contributed by atoms with van der Waals surface area (Å²) in [5.41, 5.74) is 1.23. The molecule has 2 amide bonds. The molecule has 0 spiro atoms. The first-order valence-electron chi connectivity index (χ1n) is 15.7. The zero-order valence-corrected chi connectivity index (χ0v) is 28.5. The number of hydrogen-bond donors (Lipinski definition) is 7. The number of carbonyl (C=O) groups excluding carboxylic acids is 3. The molecule has 0 fully saturated rings. The first-order chi connectivity index (χ1) is 23.5. The monoisotopic (exact) mass is 691 g/mol. The molecule has 0 heterocycles. The number of anilines is 1. The molecule has 0 saturated carbocycles. The minimum absolute atomic E-state index is 0.000279. The third-order valence-electron chi connectivity index (χ3n) is 5.37. The molecule has 17 nitrogen and oxygen atoms in total. The number of amides is 2. The van der Waals surface area contributed by atoms with Crippen molar-refractivity contribution in [1.82, 2.24) is 16.0 Å². The molecule has 1 aromatic carbocycles. The van der Waals surface area contributed by atoms with Crippen molar-refractivity contribution in [2.75, 3.05) is 112 Å². The zero-order valence-electron chi connectivity index (χ0n) is 28.5. The van der Waals surface area contributed by atoms with E-state index in [0.717, 1.165) is 32.8 Å². The minimum atomic E-state index is -0.513. The van der Waals surface area contributed by atoms with Crippen molar-refractivity contribution >= 4 is 24.0 Å². The molecule has 0 radical (unpaired) electrons. The van der Waals surface area contributed by atoms with Gasteiger partial charge in [0.1, 0.15) is 6.29 Å². The van der Waals surface area contributed by atoms with Gasteiger partial charge in [-0.3, -0.25) is 14.9 Å². The largest absolute Gasteiger partial charge is 0.466 e. The van der Waals surface area contributed by atoms with Gasteiger partial charge in [0.15, 0.2) is 0 Å². The summed E-state index contributed by atoms with van der Waals surface area (Å²) in [6.45, 7) is 8.08. The van der Waals surface area contributed by atoms with Crippen LogP contribution in [0.15, 0.2) is 36.3 Å². The van der Waals surface area contributed by atoms with Crippen LogP contribution < -0.4 is 27.2 Å². The molecule has 0 aliphatic rings. The summed E-state index contributed by atoms with van der Waals surface area (Å²) in [7, 11) is 2.88. The maximum atomic E-state index is 11.8. The Morgan fingerprint density at radius 2 is 1.38 bits per heavy atom. The lowest BCUT2D eigenvalue weighted by molar-refractivity contribution is -0.145. The van der Waals surface area contributed by atoms with E-state index < -0.39 is 6.03 Å². The molecule has 0 aromatic heterocycles. The van der Waals surface area contributed by atoms with Crippen molar-refractivity contribution < 1.29 is 57.9 Å². The van der Waals surface area contributed by atoms with Gasteiger partial charge in [-0.15, -0.1) is 0 Å². The lowest BCUT2D eigenvalue weighted by Gasteiger charge is -2.10. The number of ether oxygens (including phenoxy) is 6. The van der Waals surface area contributed by atoms with Crippen molar-refractivity contribution in [3.63, 3.8) is 0 Å². The van der Waals surface area contributed by atoms with Gasteiger partial charge < -0.3 is 59.4 Å². The van der Waals surface area contributed by atoms with Gasteiger partial charge in [-0.25, -0.2) is 4.79 Å². The number of nitrogens with one attached hydrogen (secondary N) is 4. The molecule has 278 valence electrons. The van der Waals surface area contributed by atoms with Crippen LogP contribution in [0, 0.1) is 0 Å². The SMILES string of the molecule is CCCCOC(=O)CCOCCOCCNC.CO.NO/C(=C\Nc1ccc(C=O)cc1)NC(=O)NCCOCCOCCOCCO. The van der Waals surface area contributed by atoms with E-state index in [1.165, 1.54) is 6.20 Å². The Morgan fingerprint density at radius 1 is 0.812 bits per heavy atom. The van der Waals surface area contributed by atoms with Crippen LogP contribution in [0.3, 0.4) is 0 Å². The second-order valence-corrected chi connectivity index (χ2v) is 9.10. The maximum Gasteiger partial charge on any atom is 0.321 e. The fourth-order valence-electron chi connectivity index (χ4n) is 2.96. The highest BCUT2D eigenvalue weighted by atomic mass is 16.6. The van der Waals surface area contributed by atoms with Gasteiger partial charge >= 0.3 is 12.0 Å². The Bertz CT molecular complexity index is 910. The molecule has 17 heteroatoms. The number of esters is 1. The molecule has 0 aliphatic heterocycles. The van der Waals surface area contributed by atoms with Gasteiger partial charge in [0.05, 0.1) is 91.9 Å². The predicted molar refractivity (Wildman–Crippen MR) is 179 cm³/mol. The number of nitrogens with two attached hydrogens (primary N) is 1. The van der Waals surface area contributed by atoms with Crippen LogP contribution in [-0.4, -0.2) is 135 Å². The number of aliphatic hydroxyl groups excluding tert-OH is 2. The first-order valence-corrected chi connectivity index (χ1v) is 15.7. The number of carbonyl (C=O) groups is 3. The maximum absolute atomic E-state index is 11.8. The molecule has 1 rings (SSSR count). The molecule has 0 bridgehead atoms. The van der Waals surface area contributed by atoms with Crippen molar-refractivity contribution in [2.45, 2.75) is 26.2 Å². The van der Waals surface area contributed by atoms with Gasteiger partial charge in [0.25, 0.3) is 0 Å². The fourth-order valence-corrected chi connectivity index (χ4v) is 2.96. The van der Waals surface area contributed by atoms with E-state index in [4.69, 9.17) is 44.5 Å². The molecule has 1 aromatic rings. The first kappa shape index (κ1) is 46.7. The van der Waals surface area contributed by atoms with Gasteiger partial charge in [0, 0.05) is 31.5 Å². The third-order valence-corrected chi connectivity index (χ3v) is 5.37. The average Bonchev–Trinajstić information content (AvgIpc) is 3.11. The highest BCUT2D eigenvalue weighted by Crippen LogP contribution is 2.08. The Morgan fingerprint density at radius 3 is 1.92 bits per heavy atom. The van der Waals surface area contributed by atoms with Crippen molar-refractivity contribution in [1.29, 1.82) is 0 Å². The lowest BCUT2D eigenvalue weighted by atomic mass is 10.2. The van der Waals surface area contributed by atoms with Crippen LogP contribution in [0.5, 0.6) is 0 Å². The number of aliphatic hydroxyl groups is 2. The van der Waals surface area contributed by atoms with E-state index in [2.05, 4.69) is 33.0 Å². The van der Waals surface area contributed by atoms with E-state index in [1.807, 2.05) is 7.05 Å². The highest BCUT2D eigenvalue weighted by molar-refractivity contribution is 5.76. The number of unbranched alkanes of at least 4 members (excludes halogenated alkanes) is 1. The second kappa shape index (κ2) is 38.1. The fraction of sp³-hybridized carbons (Fsp3) is 0.645. The Balaban J connectivity index is 0. The van der Waals surface area contributed by atoms with Gasteiger partial charge in [0.2, 0.25) is 5.88 Å². The molecule has 0 aliphatic carbocycles. The summed E-state index contributed by atoms with van der Waals surface area (Å²) in [4.78, 5) is 38.2. The summed E-state index contributed by atoms with van der Waals surface area (Å²) in [5.74, 6) is 4.95. The summed E-state index contributed by atoms with van der Waals surface area (Å²) in [6, 6.07) is 6.15. The third kappa shape index (κ3) is 32.5. The normalized spacial score (nSPS) is 10.5. The highest BCUT2D eigenvalue weighted by Gasteiger charge is 2.05. The van der Waals surface area contributed by atoms with Gasteiger partial charge in [-0.2, -0.15) is 5.90 Å². The second-order valence-electron chi connectivity index (χ2n) is 9.10. The van der Waals surface area contributed by atoms with Crippen LogP contribution in [0.4, 0.5) is 10.5 Å². The smallest absolute Gasteiger partial charge is 0.321 e. The number of likely N-dealkylation sites (N-methyl/N-ethyl adjacent to an activating group) is 1. The van der Waals surface area contributed by atoms with E-state index in [9.17, 15) is 14.4 Å². The van der Waals surface area contributed by atoms with Crippen LogP contribution in [0.1, 0.15) is 36.5 Å². The summed E-state index contributed by atoms with van der Waals surface area (Å²) < 4.78 is 31.1. The Kier molecular flexibility index (Phi) is 37.1. The molecule has 48 heavy (non-hydrogen) atoms. The van der Waals surface area contributed by atoms with Crippen LogP contribution in [0.25, 0.3) is 0 Å². The standard InChI is InChI=1S/C18H28N4O7.C12H25NO4.CH4O/c19-29-17(13-21-16-3-1-15(14-24)2-4-16)22-18(25)20-5-7-26-9-11-28-12-10-27-8-6-23;1-3-4-7-17-12(14)5-8-15-10-11-16-9-6-13-2;1-2/h1-4,13-14,21,23H,5-12,19H2,(H2,20,22,25);13H,3-11H2,1-2H3;2H,1H3/b17-13-;;. The van der Waals surface area contributed by atoms with Crippen molar-refractivity contribution in [3.05, 3.63) is 41.9 Å². The van der Waals surface area contributed by atoms with E-state index >= 15 is 0 Å². The number of aldehydes is 1. The quantitative estimate of drug-likeness (QED) is 0.0209. The average molecular weight is 692 g/mol. The zero-order chi connectivity index (χ0) is 35.9. The van der Waals surface area contributed by atoms with Gasteiger partial charge in [-0.1, -0.05) is 13.3 Å². The van der Waals surface area contributed by atoms with Crippen LogP contribution in [0.2, 0.25) is 0 Å². The number of benzene rings is 1. The topological polar surface area (TPSA) is 230 Å². The number of hydrogen-bond acceptors (Lipinski definition) is 15. The predicted octanol–water partition coefficient (Wildman–Crippen LogP) is 0.522. The molecule has 0 saturated heterocycles. The Hall–Kier alpha value is -3.39. The van der Waals surface area contributed by atoms with E-state index in [0.29, 0.717) is 90.3 Å². The summed E-state index contributed by atoms with van der Waals surface area (Å²) >= 11 is 0. The van der Waals surface area contributed by atoms with E-state index in [-0.39, 0.29) is 25.0 Å². The Labute approximate surface area is 283 Å². The molecular formula is C31H57N5O12. The summed E-state index contributed by atoms with van der Waals surface area (Å²) in [6.07, 6.45) is 4.39. The minimum Gasteiger partial charge on any atom is -0.466 e. The van der Waals surface area contributed by atoms with Crippen LogP contribution in [-0.2, 0) is 38.1 Å². The van der Waals surface area contributed by atoms with Crippen molar-refractivity contribution in [2.24, 2.45) is 5.90 Å². The molecule has 8 N–H and O–H groups in total. The number of urea groups is 1. The summed E-state index contributed by atoms with van der Waals surface area (Å²) in [5, 5.41) is 26.4. The molecular weight excluding hydrogens is 634 g/mol. The van der Waals surface area contributed by atoms with E-state index in [1.54, 1.807) is 24.3 Å².